The molecular weight excluding hydrogens is 267 g/mol. The number of halogens is 2. The van der Waals surface area contributed by atoms with Crippen LogP contribution >= 0.6 is 15.9 Å². The lowest BCUT2D eigenvalue weighted by molar-refractivity contribution is -0.152. The predicted octanol–water partition coefficient (Wildman–Crippen LogP) is 2.15. The standard InChI is InChI=1S/C10H6BrFO3/c11-8-2-1-5(12)3-6(8)7-4-9(13)15-10(7)14/h1-3,7H,4H2. The van der Waals surface area contributed by atoms with E-state index in [2.05, 4.69) is 20.7 Å². The zero-order valence-corrected chi connectivity index (χ0v) is 9.08. The second kappa shape index (κ2) is 3.73. The molecule has 0 N–H and O–H groups in total. The minimum atomic E-state index is -0.692. The summed E-state index contributed by atoms with van der Waals surface area (Å²) < 4.78 is 18.0. The van der Waals surface area contributed by atoms with Gasteiger partial charge in [-0.1, -0.05) is 15.9 Å². The molecule has 0 spiro atoms. The summed E-state index contributed by atoms with van der Waals surface area (Å²) in [4.78, 5) is 22.1. The van der Waals surface area contributed by atoms with Gasteiger partial charge in [-0.25, -0.2) is 4.39 Å². The summed E-state index contributed by atoms with van der Waals surface area (Å²) in [6.45, 7) is 0. The van der Waals surface area contributed by atoms with Crippen LogP contribution in [0.15, 0.2) is 22.7 Å². The van der Waals surface area contributed by atoms with E-state index in [1.165, 1.54) is 18.2 Å². The molecule has 15 heavy (non-hydrogen) atoms. The Morgan fingerprint density at radius 1 is 1.40 bits per heavy atom. The molecule has 0 aliphatic carbocycles. The van der Waals surface area contributed by atoms with Crippen LogP contribution in [0.25, 0.3) is 0 Å². The Morgan fingerprint density at radius 3 is 2.73 bits per heavy atom. The number of carbonyl (C=O) groups excluding carboxylic acids is 2. The quantitative estimate of drug-likeness (QED) is 0.581. The average molecular weight is 273 g/mol. The van der Waals surface area contributed by atoms with Crippen molar-refractivity contribution in [3.05, 3.63) is 34.1 Å². The minimum Gasteiger partial charge on any atom is -0.393 e. The SMILES string of the molecule is O=C1CC(c2cc(F)ccc2Br)C(=O)O1. The monoisotopic (exact) mass is 272 g/mol. The summed E-state index contributed by atoms with van der Waals surface area (Å²) in [7, 11) is 0. The number of cyclic esters (lactones) is 2. The minimum absolute atomic E-state index is 0.0269. The number of esters is 2. The maximum Gasteiger partial charge on any atom is 0.321 e. The third kappa shape index (κ3) is 1.92. The molecule has 1 aliphatic rings. The molecule has 1 aromatic rings. The van der Waals surface area contributed by atoms with Crippen molar-refractivity contribution in [2.75, 3.05) is 0 Å². The van der Waals surface area contributed by atoms with Crippen molar-refractivity contribution in [3.63, 3.8) is 0 Å². The molecule has 0 saturated carbocycles. The molecule has 1 aromatic carbocycles. The second-order valence-electron chi connectivity index (χ2n) is 3.22. The van der Waals surface area contributed by atoms with E-state index in [1.807, 2.05) is 0 Å². The summed E-state index contributed by atoms with van der Waals surface area (Å²) in [5.74, 6) is -2.32. The van der Waals surface area contributed by atoms with Gasteiger partial charge in [0.05, 0.1) is 12.3 Å². The fourth-order valence-electron chi connectivity index (χ4n) is 1.49. The van der Waals surface area contributed by atoms with Crippen LogP contribution in [0.3, 0.4) is 0 Å². The van der Waals surface area contributed by atoms with Crippen molar-refractivity contribution in [2.24, 2.45) is 0 Å². The lowest BCUT2D eigenvalue weighted by Gasteiger charge is -2.07. The Balaban J connectivity index is 2.41. The third-order valence-electron chi connectivity index (χ3n) is 2.20. The highest BCUT2D eigenvalue weighted by Crippen LogP contribution is 2.32. The smallest absolute Gasteiger partial charge is 0.321 e. The summed E-state index contributed by atoms with van der Waals surface area (Å²) in [6.07, 6.45) is -0.0269. The zero-order chi connectivity index (χ0) is 11.0. The van der Waals surface area contributed by atoms with Crippen LogP contribution in [-0.4, -0.2) is 11.9 Å². The molecule has 2 rings (SSSR count). The molecule has 1 heterocycles. The van der Waals surface area contributed by atoms with E-state index in [9.17, 15) is 14.0 Å². The molecule has 1 aliphatic heterocycles. The Kier molecular flexibility index (Phi) is 2.56. The largest absolute Gasteiger partial charge is 0.393 e. The van der Waals surface area contributed by atoms with E-state index < -0.39 is 23.7 Å². The highest BCUT2D eigenvalue weighted by atomic mass is 79.9. The normalized spacial score (nSPS) is 20.5. The number of ether oxygens (including phenoxy) is 1. The van der Waals surface area contributed by atoms with Gasteiger partial charge >= 0.3 is 11.9 Å². The van der Waals surface area contributed by atoms with Crippen molar-refractivity contribution in [1.29, 1.82) is 0 Å². The van der Waals surface area contributed by atoms with Crippen molar-refractivity contribution in [2.45, 2.75) is 12.3 Å². The second-order valence-corrected chi connectivity index (χ2v) is 4.07. The zero-order valence-electron chi connectivity index (χ0n) is 7.50. The summed E-state index contributed by atoms with van der Waals surface area (Å²) >= 11 is 3.20. The average Bonchev–Trinajstić information content (AvgIpc) is 2.50. The first-order valence-corrected chi connectivity index (χ1v) is 5.06. The Labute approximate surface area is 93.4 Å². The van der Waals surface area contributed by atoms with Crippen molar-refractivity contribution in [3.8, 4) is 0 Å². The van der Waals surface area contributed by atoms with Crippen molar-refractivity contribution in [1.82, 2.24) is 0 Å². The molecule has 0 amide bonds. The first-order valence-electron chi connectivity index (χ1n) is 4.27. The van der Waals surface area contributed by atoms with E-state index >= 15 is 0 Å². The van der Waals surface area contributed by atoms with E-state index in [0.717, 1.165) is 0 Å². The first-order chi connectivity index (χ1) is 7.08. The van der Waals surface area contributed by atoms with Gasteiger partial charge in [-0.05, 0) is 23.8 Å². The lowest BCUT2D eigenvalue weighted by atomic mass is 9.98. The highest BCUT2D eigenvalue weighted by molar-refractivity contribution is 9.10. The molecule has 1 saturated heterocycles. The molecule has 0 aromatic heterocycles. The maximum absolute atomic E-state index is 13.0. The van der Waals surface area contributed by atoms with Gasteiger partial charge in [0.2, 0.25) is 0 Å². The number of rotatable bonds is 1. The fraction of sp³-hybridized carbons (Fsp3) is 0.200. The topological polar surface area (TPSA) is 43.4 Å². The Bertz CT molecular complexity index is 444. The number of hydrogen-bond donors (Lipinski definition) is 0. The van der Waals surface area contributed by atoms with Gasteiger partial charge in [0.15, 0.2) is 0 Å². The van der Waals surface area contributed by atoms with Gasteiger partial charge in [0, 0.05) is 4.47 Å². The van der Waals surface area contributed by atoms with Gasteiger partial charge in [0.1, 0.15) is 5.82 Å². The fourth-order valence-corrected chi connectivity index (χ4v) is 2.02. The molecular formula is C10H6BrFO3. The predicted molar refractivity (Wildman–Crippen MR) is 52.6 cm³/mol. The molecule has 0 bridgehead atoms. The van der Waals surface area contributed by atoms with Crippen LogP contribution in [0.1, 0.15) is 17.9 Å². The molecule has 5 heteroatoms. The summed E-state index contributed by atoms with van der Waals surface area (Å²) in [6, 6.07) is 4.01. The Morgan fingerprint density at radius 2 is 2.13 bits per heavy atom. The van der Waals surface area contributed by atoms with Crippen LogP contribution < -0.4 is 0 Å². The van der Waals surface area contributed by atoms with Gasteiger partial charge in [-0.2, -0.15) is 0 Å². The molecule has 3 nitrogen and oxygen atoms in total. The number of hydrogen-bond acceptors (Lipinski definition) is 3. The van der Waals surface area contributed by atoms with Crippen LogP contribution in [0.5, 0.6) is 0 Å². The van der Waals surface area contributed by atoms with Crippen molar-refractivity contribution < 1.29 is 18.7 Å². The Hall–Kier alpha value is -1.23. The molecule has 1 unspecified atom stereocenters. The summed E-state index contributed by atoms with van der Waals surface area (Å²) in [5.41, 5.74) is 0.450. The van der Waals surface area contributed by atoms with Gasteiger partial charge in [-0.15, -0.1) is 0 Å². The summed E-state index contributed by atoms with van der Waals surface area (Å²) in [5, 5.41) is 0. The third-order valence-corrected chi connectivity index (χ3v) is 2.93. The van der Waals surface area contributed by atoms with Crippen LogP contribution in [-0.2, 0) is 14.3 Å². The van der Waals surface area contributed by atoms with Crippen molar-refractivity contribution >= 4 is 27.9 Å². The number of carbonyl (C=O) groups is 2. The number of benzene rings is 1. The van der Waals surface area contributed by atoms with E-state index in [1.54, 1.807) is 0 Å². The van der Waals surface area contributed by atoms with Gasteiger partial charge in [-0.3, -0.25) is 9.59 Å². The molecule has 0 radical (unpaired) electrons. The molecule has 1 atom stereocenters. The van der Waals surface area contributed by atoms with Crippen LogP contribution in [0, 0.1) is 5.82 Å². The van der Waals surface area contributed by atoms with E-state index in [4.69, 9.17) is 0 Å². The first kappa shape index (κ1) is 10.3. The van der Waals surface area contributed by atoms with Crippen LogP contribution in [0.4, 0.5) is 4.39 Å². The van der Waals surface area contributed by atoms with Crippen LogP contribution in [0.2, 0.25) is 0 Å². The molecule has 78 valence electrons. The van der Waals surface area contributed by atoms with E-state index in [-0.39, 0.29) is 6.42 Å². The van der Waals surface area contributed by atoms with E-state index in [0.29, 0.717) is 10.0 Å². The highest BCUT2D eigenvalue weighted by Gasteiger charge is 2.35. The molecule has 1 fully saturated rings. The maximum atomic E-state index is 13.0. The van der Waals surface area contributed by atoms with Gasteiger partial charge in [0.25, 0.3) is 0 Å². The lowest BCUT2D eigenvalue weighted by Crippen LogP contribution is -2.06. The van der Waals surface area contributed by atoms with Gasteiger partial charge < -0.3 is 4.74 Å².